The summed E-state index contributed by atoms with van der Waals surface area (Å²) >= 11 is 0. The Bertz CT molecular complexity index is 434. The van der Waals surface area contributed by atoms with Crippen LogP contribution in [0.25, 0.3) is 0 Å². The van der Waals surface area contributed by atoms with E-state index in [0.29, 0.717) is 5.56 Å². The number of carbonyl (C=O) groups is 1. The molecule has 1 aliphatic rings. The number of hydrogen-bond donors (Lipinski definition) is 1. The number of methoxy groups -OCH3 is 1. The second kappa shape index (κ2) is 5.83. The fourth-order valence-corrected chi connectivity index (χ4v) is 2.31. The lowest BCUT2D eigenvalue weighted by atomic mass is 9.86. The molecule has 1 aromatic rings. The lowest BCUT2D eigenvalue weighted by Crippen LogP contribution is -2.14. The predicted octanol–water partition coefficient (Wildman–Crippen LogP) is 2.86. The van der Waals surface area contributed by atoms with E-state index in [-0.39, 0.29) is 11.9 Å². The number of aliphatic hydroxyl groups is 1. The first-order valence-electron chi connectivity index (χ1n) is 6.23. The largest absolute Gasteiger partial charge is 0.465 e. The minimum atomic E-state index is -0.457. The second-order valence-electron chi connectivity index (χ2n) is 4.60. The molecule has 0 saturated carbocycles. The lowest BCUT2D eigenvalue weighted by molar-refractivity contribution is 0.0600. The highest BCUT2D eigenvalue weighted by Crippen LogP contribution is 2.31. The van der Waals surface area contributed by atoms with Gasteiger partial charge >= 0.3 is 5.97 Å². The van der Waals surface area contributed by atoms with E-state index in [4.69, 9.17) is 0 Å². The van der Waals surface area contributed by atoms with Gasteiger partial charge in [0, 0.05) is 0 Å². The van der Waals surface area contributed by atoms with Gasteiger partial charge < -0.3 is 9.84 Å². The number of benzene rings is 1. The van der Waals surface area contributed by atoms with Crippen molar-refractivity contribution in [3.63, 3.8) is 0 Å². The molecular formula is C15H18O3. The van der Waals surface area contributed by atoms with Gasteiger partial charge in [0.25, 0.3) is 0 Å². The highest BCUT2D eigenvalue weighted by Gasteiger charge is 2.21. The number of rotatable bonds is 3. The topological polar surface area (TPSA) is 46.5 Å². The van der Waals surface area contributed by atoms with Crippen LogP contribution >= 0.6 is 0 Å². The molecule has 0 unspecified atom stereocenters. The fraction of sp³-hybridized carbons (Fsp3) is 0.400. The number of ether oxygens (including phenoxy) is 1. The smallest absolute Gasteiger partial charge is 0.337 e. The molecule has 0 heterocycles. The molecule has 0 aromatic heterocycles. The van der Waals surface area contributed by atoms with Crippen LogP contribution in [-0.2, 0) is 4.74 Å². The first kappa shape index (κ1) is 12.8. The molecule has 96 valence electrons. The van der Waals surface area contributed by atoms with Crippen LogP contribution in [0.1, 0.15) is 41.3 Å². The molecule has 3 heteroatoms. The van der Waals surface area contributed by atoms with E-state index in [1.54, 1.807) is 24.3 Å². The van der Waals surface area contributed by atoms with Gasteiger partial charge in [0.05, 0.1) is 18.8 Å². The monoisotopic (exact) mass is 246 g/mol. The summed E-state index contributed by atoms with van der Waals surface area (Å²) in [5.74, 6) is -0.0735. The van der Waals surface area contributed by atoms with E-state index in [1.807, 2.05) is 0 Å². The van der Waals surface area contributed by atoms with Crippen molar-refractivity contribution in [2.24, 2.45) is 5.92 Å². The van der Waals surface area contributed by atoms with Crippen LogP contribution in [0.5, 0.6) is 0 Å². The van der Waals surface area contributed by atoms with Gasteiger partial charge in [-0.1, -0.05) is 24.3 Å². The van der Waals surface area contributed by atoms with Gasteiger partial charge in [-0.3, -0.25) is 0 Å². The van der Waals surface area contributed by atoms with Gasteiger partial charge in [0.15, 0.2) is 0 Å². The first-order valence-corrected chi connectivity index (χ1v) is 6.23. The van der Waals surface area contributed by atoms with E-state index >= 15 is 0 Å². The van der Waals surface area contributed by atoms with Crippen molar-refractivity contribution in [2.45, 2.75) is 25.4 Å². The highest BCUT2D eigenvalue weighted by molar-refractivity contribution is 5.89. The van der Waals surface area contributed by atoms with E-state index < -0.39 is 6.10 Å². The van der Waals surface area contributed by atoms with Crippen LogP contribution in [0.2, 0.25) is 0 Å². The molecule has 3 nitrogen and oxygen atoms in total. The molecule has 0 saturated heterocycles. The van der Waals surface area contributed by atoms with Gasteiger partial charge in [-0.15, -0.1) is 0 Å². The number of aliphatic hydroxyl groups excluding tert-OH is 1. The molecule has 0 spiro atoms. The number of hydrogen-bond acceptors (Lipinski definition) is 3. The molecule has 0 aliphatic heterocycles. The van der Waals surface area contributed by atoms with Crippen LogP contribution in [0, 0.1) is 5.92 Å². The summed E-state index contributed by atoms with van der Waals surface area (Å²) in [6, 6.07) is 7.00. The summed E-state index contributed by atoms with van der Waals surface area (Å²) in [5, 5.41) is 10.3. The maximum absolute atomic E-state index is 11.3. The van der Waals surface area contributed by atoms with Crippen molar-refractivity contribution in [1.82, 2.24) is 0 Å². The van der Waals surface area contributed by atoms with Crippen LogP contribution in [0.3, 0.4) is 0 Å². The normalized spacial score (nSPS) is 20.4. The van der Waals surface area contributed by atoms with Crippen LogP contribution < -0.4 is 0 Å². The Balaban J connectivity index is 2.09. The Hall–Kier alpha value is -1.61. The van der Waals surface area contributed by atoms with E-state index in [0.717, 1.165) is 24.8 Å². The van der Waals surface area contributed by atoms with Crippen LogP contribution in [0.4, 0.5) is 0 Å². The maximum atomic E-state index is 11.3. The molecule has 1 aromatic carbocycles. The third-order valence-electron chi connectivity index (χ3n) is 3.43. The molecule has 1 N–H and O–H groups in total. The Morgan fingerprint density at radius 2 is 2.06 bits per heavy atom. The zero-order valence-corrected chi connectivity index (χ0v) is 10.5. The van der Waals surface area contributed by atoms with Crippen LogP contribution in [-0.4, -0.2) is 18.2 Å². The van der Waals surface area contributed by atoms with Gasteiger partial charge in [0.2, 0.25) is 0 Å². The standard InChI is InChI=1S/C15H18O3/c1-18-15(17)13-9-7-12(8-10-13)14(16)11-5-3-2-4-6-11/h2-3,7-11,14,16H,4-6H2,1H3/t11-,14-/m1/s1. The second-order valence-corrected chi connectivity index (χ2v) is 4.60. The maximum Gasteiger partial charge on any atom is 0.337 e. The van der Waals surface area contributed by atoms with E-state index in [9.17, 15) is 9.90 Å². The van der Waals surface area contributed by atoms with Gasteiger partial charge in [0.1, 0.15) is 0 Å². The minimum absolute atomic E-state index is 0.277. The number of carbonyl (C=O) groups excluding carboxylic acids is 1. The molecule has 18 heavy (non-hydrogen) atoms. The Morgan fingerprint density at radius 1 is 1.33 bits per heavy atom. The quantitative estimate of drug-likeness (QED) is 0.659. The van der Waals surface area contributed by atoms with Crippen molar-refractivity contribution in [3.8, 4) is 0 Å². The highest BCUT2D eigenvalue weighted by atomic mass is 16.5. The van der Waals surface area contributed by atoms with Crippen molar-refractivity contribution in [3.05, 3.63) is 47.5 Å². The third-order valence-corrected chi connectivity index (χ3v) is 3.43. The van der Waals surface area contributed by atoms with Gasteiger partial charge in [-0.2, -0.15) is 0 Å². The Morgan fingerprint density at radius 3 is 2.61 bits per heavy atom. The summed E-state index contributed by atoms with van der Waals surface area (Å²) in [6.07, 6.45) is 6.78. The van der Waals surface area contributed by atoms with Crippen LogP contribution in [0.15, 0.2) is 36.4 Å². The first-order chi connectivity index (χ1) is 8.72. The third kappa shape index (κ3) is 2.79. The fourth-order valence-electron chi connectivity index (χ4n) is 2.31. The zero-order valence-electron chi connectivity index (χ0n) is 10.5. The van der Waals surface area contributed by atoms with E-state index in [2.05, 4.69) is 16.9 Å². The number of esters is 1. The van der Waals surface area contributed by atoms with Crippen molar-refractivity contribution in [2.75, 3.05) is 7.11 Å². The predicted molar refractivity (Wildman–Crippen MR) is 69.2 cm³/mol. The Labute approximate surface area is 107 Å². The summed E-state index contributed by atoms with van der Waals surface area (Å²) < 4.78 is 4.64. The summed E-state index contributed by atoms with van der Waals surface area (Å²) in [4.78, 5) is 11.3. The average Bonchev–Trinajstić information content (AvgIpc) is 2.47. The van der Waals surface area contributed by atoms with E-state index in [1.165, 1.54) is 7.11 Å². The summed E-state index contributed by atoms with van der Waals surface area (Å²) in [5.41, 5.74) is 1.37. The molecule has 2 atom stereocenters. The molecular weight excluding hydrogens is 228 g/mol. The van der Waals surface area contributed by atoms with Crippen molar-refractivity contribution >= 4 is 5.97 Å². The SMILES string of the molecule is COC(=O)c1ccc([C@H](O)[C@@H]2CC=CCC2)cc1. The summed E-state index contributed by atoms with van der Waals surface area (Å²) in [7, 11) is 1.36. The zero-order chi connectivity index (χ0) is 13.0. The summed E-state index contributed by atoms with van der Waals surface area (Å²) in [6.45, 7) is 0. The molecule has 0 radical (unpaired) electrons. The number of allylic oxidation sites excluding steroid dienone is 2. The van der Waals surface area contributed by atoms with Crippen molar-refractivity contribution in [1.29, 1.82) is 0 Å². The Kier molecular flexibility index (Phi) is 4.15. The molecule has 0 fully saturated rings. The van der Waals surface area contributed by atoms with Crippen molar-refractivity contribution < 1.29 is 14.6 Å². The molecule has 2 rings (SSSR count). The van der Waals surface area contributed by atoms with Gasteiger partial charge in [-0.25, -0.2) is 4.79 Å². The van der Waals surface area contributed by atoms with Gasteiger partial charge in [-0.05, 0) is 42.9 Å². The average molecular weight is 246 g/mol. The molecule has 1 aliphatic carbocycles. The minimum Gasteiger partial charge on any atom is -0.465 e. The molecule has 0 bridgehead atoms. The molecule has 0 amide bonds. The lowest BCUT2D eigenvalue weighted by Gasteiger charge is -2.24.